The smallest absolute Gasteiger partial charge is 0.315 e. The normalized spacial score (nSPS) is 16.8. The van der Waals surface area contributed by atoms with E-state index < -0.39 is 43.9 Å². The first-order valence-corrected chi connectivity index (χ1v) is 10.5. The van der Waals surface area contributed by atoms with E-state index >= 15 is 0 Å². The molecule has 1 aliphatic rings. The first-order valence-electron chi connectivity index (χ1n) is 8.58. The lowest BCUT2D eigenvalue weighted by molar-refractivity contribution is 0.0981. The van der Waals surface area contributed by atoms with Gasteiger partial charge in [0.15, 0.2) is 0 Å². The van der Waals surface area contributed by atoms with E-state index in [1.807, 2.05) is 4.72 Å². The van der Waals surface area contributed by atoms with Gasteiger partial charge in [-0.25, -0.2) is 26.9 Å². The number of carbonyl (C=O) groups excluding carboxylic acids is 1. The molecule has 1 aromatic heterocycles. The SMILES string of the molecule is Cc1cc(=O)n(-c2cc(C(=O)NS(=O)(=O)C3CCNC3)c(Cl)cc2F)c(=O)n1C. The Kier molecular flexibility index (Phi) is 5.65. The van der Waals surface area contributed by atoms with Crippen LogP contribution >= 0.6 is 11.6 Å². The van der Waals surface area contributed by atoms with Crippen LogP contribution in [0.2, 0.25) is 5.02 Å². The predicted molar refractivity (Wildman–Crippen MR) is 105 cm³/mol. The first kappa shape index (κ1) is 21.2. The molecule has 0 bridgehead atoms. The van der Waals surface area contributed by atoms with Gasteiger partial charge in [-0.05, 0) is 32.0 Å². The van der Waals surface area contributed by atoms with Gasteiger partial charge >= 0.3 is 5.69 Å². The quantitative estimate of drug-likeness (QED) is 0.688. The molecule has 1 atom stereocenters. The minimum atomic E-state index is -3.99. The summed E-state index contributed by atoms with van der Waals surface area (Å²) in [6.07, 6.45) is 0.333. The molecule has 12 heteroatoms. The average molecular weight is 445 g/mol. The van der Waals surface area contributed by atoms with Gasteiger partial charge in [0.2, 0.25) is 10.0 Å². The van der Waals surface area contributed by atoms with E-state index in [0.717, 1.165) is 22.8 Å². The van der Waals surface area contributed by atoms with Crippen LogP contribution in [0.15, 0.2) is 27.8 Å². The summed E-state index contributed by atoms with van der Waals surface area (Å²) in [5, 5.41) is 1.73. The van der Waals surface area contributed by atoms with Crippen LogP contribution in [-0.2, 0) is 17.1 Å². The van der Waals surface area contributed by atoms with Gasteiger partial charge in [0.05, 0.1) is 21.5 Å². The van der Waals surface area contributed by atoms with Gasteiger partial charge < -0.3 is 9.88 Å². The highest BCUT2D eigenvalue weighted by molar-refractivity contribution is 7.90. The Morgan fingerprint density at radius 1 is 1.31 bits per heavy atom. The van der Waals surface area contributed by atoms with Crippen molar-refractivity contribution in [2.45, 2.75) is 18.6 Å². The summed E-state index contributed by atoms with van der Waals surface area (Å²) in [5.41, 5.74) is -2.16. The standard InChI is InChI=1S/C17H18ClFN4O5S/c1-9-5-15(24)23(17(26)22(9)2)14-6-11(12(18)7-13(14)19)16(25)21-29(27,28)10-3-4-20-8-10/h5-7,10,20H,3-4,8H2,1-2H3,(H,21,25). The highest BCUT2D eigenvalue weighted by Crippen LogP contribution is 2.23. The number of sulfonamides is 1. The topological polar surface area (TPSA) is 119 Å². The largest absolute Gasteiger partial charge is 0.335 e. The number of hydrogen-bond donors (Lipinski definition) is 2. The molecule has 1 unspecified atom stereocenters. The Morgan fingerprint density at radius 3 is 2.62 bits per heavy atom. The Hall–Kier alpha value is -2.50. The highest BCUT2D eigenvalue weighted by atomic mass is 35.5. The number of halogens is 2. The molecule has 1 aliphatic heterocycles. The minimum Gasteiger partial charge on any atom is -0.315 e. The molecule has 1 saturated heterocycles. The Labute approximate surface area is 170 Å². The Balaban J connectivity index is 2.08. The van der Waals surface area contributed by atoms with E-state index in [4.69, 9.17) is 11.6 Å². The lowest BCUT2D eigenvalue weighted by atomic mass is 10.1. The molecule has 2 N–H and O–H groups in total. The zero-order valence-corrected chi connectivity index (χ0v) is 17.1. The van der Waals surface area contributed by atoms with Crippen molar-refractivity contribution < 1.29 is 17.6 Å². The molecule has 0 spiro atoms. The van der Waals surface area contributed by atoms with Gasteiger partial charge in [-0.15, -0.1) is 0 Å². The van der Waals surface area contributed by atoms with E-state index in [1.165, 1.54) is 14.0 Å². The van der Waals surface area contributed by atoms with Gasteiger partial charge in [-0.3, -0.25) is 9.59 Å². The van der Waals surface area contributed by atoms with Crippen LogP contribution in [0.1, 0.15) is 22.5 Å². The lowest BCUT2D eigenvalue weighted by Crippen LogP contribution is -2.40. The molecule has 1 amide bonds. The summed E-state index contributed by atoms with van der Waals surface area (Å²) < 4.78 is 42.8. The zero-order chi connectivity index (χ0) is 21.5. The van der Waals surface area contributed by atoms with Crippen molar-refractivity contribution >= 4 is 27.5 Å². The van der Waals surface area contributed by atoms with Crippen molar-refractivity contribution in [3.63, 3.8) is 0 Å². The third-order valence-electron chi connectivity index (χ3n) is 4.77. The van der Waals surface area contributed by atoms with E-state index in [0.29, 0.717) is 23.2 Å². The van der Waals surface area contributed by atoms with Crippen LogP contribution in [0, 0.1) is 12.7 Å². The molecular formula is C17H18ClFN4O5S. The molecule has 29 heavy (non-hydrogen) atoms. The monoisotopic (exact) mass is 444 g/mol. The van der Waals surface area contributed by atoms with Crippen LogP contribution in [0.3, 0.4) is 0 Å². The van der Waals surface area contributed by atoms with Crippen LogP contribution in [0.5, 0.6) is 0 Å². The van der Waals surface area contributed by atoms with E-state index in [9.17, 15) is 27.2 Å². The predicted octanol–water partition coefficient (Wildman–Crippen LogP) is 0.0586. The number of nitrogens with zero attached hydrogens (tertiary/aromatic N) is 2. The van der Waals surface area contributed by atoms with Crippen LogP contribution in [0.4, 0.5) is 4.39 Å². The summed E-state index contributed by atoms with van der Waals surface area (Å²) in [6, 6.07) is 2.77. The van der Waals surface area contributed by atoms with Gasteiger partial charge in [0, 0.05) is 25.4 Å². The lowest BCUT2D eigenvalue weighted by Gasteiger charge is -2.14. The van der Waals surface area contributed by atoms with Crippen LogP contribution in [0.25, 0.3) is 5.69 Å². The molecule has 0 saturated carbocycles. The molecule has 9 nitrogen and oxygen atoms in total. The molecule has 2 aromatic rings. The number of amides is 1. The maximum absolute atomic E-state index is 14.5. The van der Waals surface area contributed by atoms with Crippen molar-refractivity contribution in [2.75, 3.05) is 13.1 Å². The van der Waals surface area contributed by atoms with Gasteiger partial charge in [0.1, 0.15) is 5.82 Å². The van der Waals surface area contributed by atoms with E-state index in [2.05, 4.69) is 5.32 Å². The van der Waals surface area contributed by atoms with Gasteiger partial charge in [-0.1, -0.05) is 11.6 Å². The maximum Gasteiger partial charge on any atom is 0.335 e. The summed E-state index contributed by atoms with van der Waals surface area (Å²) in [7, 11) is -2.59. The van der Waals surface area contributed by atoms with Crippen molar-refractivity contribution in [3.05, 3.63) is 61.1 Å². The molecule has 3 rings (SSSR count). The van der Waals surface area contributed by atoms with Crippen molar-refractivity contribution in [2.24, 2.45) is 7.05 Å². The first-order chi connectivity index (χ1) is 13.5. The van der Waals surface area contributed by atoms with Crippen molar-refractivity contribution in [1.29, 1.82) is 0 Å². The van der Waals surface area contributed by atoms with Crippen molar-refractivity contribution in [1.82, 2.24) is 19.2 Å². The summed E-state index contributed by atoms with van der Waals surface area (Å²) in [4.78, 5) is 37.3. The van der Waals surface area contributed by atoms with Gasteiger partial charge in [0.25, 0.3) is 11.5 Å². The van der Waals surface area contributed by atoms with E-state index in [1.54, 1.807) is 0 Å². The Morgan fingerprint density at radius 2 is 2.00 bits per heavy atom. The molecule has 2 heterocycles. The van der Waals surface area contributed by atoms with E-state index in [-0.39, 0.29) is 17.1 Å². The molecule has 1 fully saturated rings. The molecular weight excluding hydrogens is 427 g/mol. The zero-order valence-electron chi connectivity index (χ0n) is 15.5. The number of aromatic nitrogens is 2. The third kappa shape index (κ3) is 3.98. The molecule has 0 aliphatic carbocycles. The maximum atomic E-state index is 14.5. The minimum absolute atomic E-state index is 0.194. The number of nitrogens with one attached hydrogen (secondary N) is 2. The second-order valence-corrected chi connectivity index (χ2v) is 9.04. The van der Waals surface area contributed by atoms with Gasteiger partial charge in [-0.2, -0.15) is 0 Å². The fourth-order valence-corrected chi connectivity index (χ4v) is 4.54. The second-order valence-electron chi connectivity index (χ2n) is 6.68. The van der Waals surface area contributed by atoms with Crippen LogP contribution in [-0.4, -0.2) is 41.8 Å². The summed E-state index contributed by atoms with van der Waals surface area (Å²) in [6.45, 7) is 2.23. The number of aryl methyl sites for hydroxylation is 1. The highest BCUT2D eigenvalue weighted by Gasteiger charge is 2.31. The summed E-state index contributed by atoms with van der Waals surface area (Å²) in [5.74, 6) is -2.10. The van der Waals surface area contributed by atoms with Crippen molar-refractivity contribution in [3.8, 4) is 5.69 Å². The summed E-state index contributed by atoms with van der Waals surface area (Å²) >= 11 is 5.93. The van der Waals surface area contributed by atoms with Crippen LogP contribution < -0.4 is 21.3 Å². The molecule has 156 valence electrons. The third-order valence-corrected chi connectivity index (χ3v) is 6.83. The fourth-order valence-electron chi connectivity index (χ4n) is 3.00. The number of hydrogen-bond acceptors (Lipinski definition) is 6. The number of rotatable bonds is 4. The Bertz CT molecular complexity index is 1220. The molecule has 1 aromatic carbocycles. The molecule has 0 radical (unpaired) electrons. The average Bonchev–Trinajstić information content (AvgIpc) is 3.16. The fraction of sp³-hybridized carbons (Fsp3) is 0.353. The number of carbonyl (C=O) groups is 1. The second kappa shape index (κ2) is 7.73. The number of benzene rings is 1.